The molecule has 10 nitrogen and oxygen atoms in total. The maximum absolute atomic E-state index is 15.0. The van der Waals surface area contributed by atoms with Gasteiger partial charge in [-0.25, -0.2) is 9.37 Å². The summed E-state index contributed by atoms with van der Waals surface area (Å²) >= 11 is 0. The van der Waals surface area contributed by atoms with E-state index >= 15 is 0 Å². The molecule has 1 atom stereocenters. The van der Waals surface area contributed by atoms with Crippen molar-refractivity contribution in [3.8, 4) is 11.5 Å². The topological polar surface area (TPSA) is 111 Å². The molecule has 3 aromatic heterocycles. The molecule has 178 valence electrons. The largest absolute Gasteiger partial charge is 0.393 e. The third kappa shape index (κ3) is 3.60. The number of imidazole rings is 1. The van der Waals surface area contributed by atoms with E-state index in [-0.39, 0.29) is 34.6 Å². The van der Waals surface area contributed by atoms with E-state index in [1.165, 1.54) is 17.0 Å². The summed E-state index contributed by atoms with van der Waals surface area (Å²) in [5.41, 5.74) is 0.955. The molecule has 5 heterocycles. The van der Waals surface area contributed by atoms with Gasteiger partial charge in [-0.2, -0.15) is 4.98 Å². The molecule has 0 aliphatic carbocycles. The van der Waals surface area contributed by atoms with Gasteiger partial charge in [-0.15, -0.1) is 0 Å². The van der Waals surface area contributed by atoms with Gasteiger partial charge in [0, 0.05) is 32.8 Å². The van der Waals surface area contributed by atoms with Gasteiger partial charge in [0.15, 0.2) is 0 Å². The van der Waals surface area contributed by atoms with E-state index in [0.717, 1.165) is 25.9 Å². The van der Waals surface area contributed by atoms with Crippen LogP contribution in [0.5, 0.6) is 0 Å². The van der Waals surface area contributed by atoms with Crippen molar-refractivity contribution < 1.29 is 18.8 Å². The van der Waals surface area contributed by atoms with Gasteiger partial charge < -0.3 is 23.8 Å². The third-order valence-electron chi connectivity index (χ3n) is 6.77. The maximum Gasteiger partial charge on any atom is 0.277 e. The van der Waals surface area contributed by atoms with Gasteiger partial charge in [0.05, 0.1) is 11.6 Å². The number of hydrogen-bond acceptors (Lipinski definition) is 8. The molecule has 34 heavy (non-hydrogen) atoms. The number of piperidine rings is 1. The first-order valence-electron chi connectivity index (χ1n) is 11.6. The van der Waals surface area contributed by atoms with Crippen molar-refractivity contribution in [3.63, 3.8) is 0 Å². The highest BCUT2D eigenvalue weighted by molar-refractivity contribution is 5.84. The number of nitrogens with zero attached hydrogens (tertiary/aromatic N) is 6. The van der Waals surface area contributed by atoms with Crippen molar-refractivity contribution in [2.45, 2.75) is 44.4 Å². The Morgan fingerprint density at radius 3 is 2.79 bits per heavy atom. The number of benzene rings is 1. The van der Waals surface area contributed by atoms with E-state index in [1.54, 1.807) is 16.5 Å². The van der Waals surface area contributed by atoms with Crippen molar-refractivity contribution in [2.75, 3.05) is 26.2 Å². The van der Waals surface area contributed by atoms with Crippen molar-refractivity contribution in [2.24, 2.45) is 0 Å². The Morgan fingerprint density at radius 1 is 1.15 bits per heavy atom. The maximum atomic E-state index is 15.0. The average Bonchev–Trinajstić information content (AvgIpc) is 3.60. The minimum Gasteiger partial charge on any atom is -0.393 e. The predicted molar refractivity (Wildman–Crippen MR) is 120 cm³/mol. The van der Waals surface area contributed by atoms with E-state index in [2.05, 4.69) is 20.0 Å². The number of aromatic nitrogens is 5. The summed E-state index contributed by atoms with van der Waals surface area (Å²) in [6, 6.07) is 4.73. The molecule has 0 saturated carbocycles. The summed E-state index contributed by atoms with van der Waals surface area (Å²) in [6.45, 7) is 3.01. The number of rotatable bonds is 5. The zero-order valence-corrected chi connectivity index (χ0v) is 18.6. The number of fused-ring (bicyclic) bond motifs is 3. The van der Waals surface area contributed by atoms with E-state index in [0.29, 0.717) is 49.6 Å². The van der Waals surface area contributed by atoms with Crippen molar-refractivity contribution in [3.05, 3.63) is 46.6 Å². The molecule has 2 saturated heterocycles. The number of aliphatic hydroxyl groups is 1. The monoisotopic (exact) mass is 468 g/mol. The summed E-state index contributed by atoms with van der Waals surface area (Å²) < 4.78 is 29.1. The molecular formula is C23H25FN6O4. The molecule has 11 heteroatoms. The fourth-order valence-electron chi connectivity index (χ4n) is 4.93. The number of ether oxygens (including phenoxy) is 1. The van der Waals surface area contributed by atoms with Crippen molar-refractivity contribution >= 4 is 16.6 Å². The second-order valence-electron chi connectivity index (χ2n) is 8.91. The number of likely N-dealkylation sites (tertiary alicyclic amines) is 1. The molecule has 0 spiro atoms. The minimum atomic E-state index is -0.471. The van der Waals surface area contributed by atoms with Crippen LogP contribution in [0.4, 0.5) is 4.39 Å². The summed E-state index contributed by atoms with van der Waals surface area (Å²) in [5, 5.41) is 13.8. The molecule has 6 rings (SSSR count). The second-order valence-corrected chi connectivity index (χ2v) is 8.91. The molecule has 2 aliphatic heterocycles. The van der Waals surface area contributed by atoms with E-state index in [9.17, 15) is 14.3 Å². The number of para-hydroxylation sites is 1. The molecule has 0 radical (unpaired) electrons. The summed E-state index contributed by atoms with van der Waals surface area (Å²) in [6.07, 6.45) is 4.08. The normalized spacial score (nSPS) is 20.1. The Balaban J connectivity index is 1.44. The average molecular weight is 468 g/mol. The fraction of sp³-hybridized carbons (Fsp3) is 0.478. The van der Waals surface area contributed by atoms with Crippen LogP contribution in [0.3, 0.4) is 0 Å². The lowest BCUT2D eigenvalue weighted by Gasteiger charge is -2.29. The van der Waals surface area contributed by atoms with Crippen LogP contribution in [-0.2, 0) is 11.3 Å². The highest BCUT2D eigenvalue weighted by atomic mass is 19.1. The van der Waals surface area contributed by atoms with E-state index < -0.39 is 5.82 Å². The third-order valence-corrected chi connectivity index (χ3v) is 6.77. The van der Waals surface area contributed by atoms with E-state index in [1.807, 2.05) is 0 Å². The highest BCUT2D eigenvalue weighted by Crippen LogP contribution is 2.30. The predicted octanol–water partition coefficient (Wildman–Crippen LogP) is 2.15. The van der Waals surface area contributed by atoms with Gasteiger partial charge in [0.25, 0.3) is 11.4 Å². The van der Waals surface area contributed by atoms with Crippen LogP contribution in [0.1, 0.15) is 37.7 Å². The van der Waals surface area contributed by atoms with Gasteiger partial charge in [-0.3, -0.25) is 9.20 Å². The Kier molecular flexibility index (Phi) is 5.39. The van der Waals surface area contributed by atoms with Gasteiger partial charge in [-0.05, 0) is 37.8 Å². The lowest BCUT2D eigenvalue weighted by Crippen LogP contribution is -2.39. The number of hydrogen-bond donors (Lipinski definition) is 1. The summed E-state index contributed by atoms with van der Waals surface area (Å²) in [7, 11) is 0. The van der Waals surface area contributed by atoms with Gasteiger partial charge in [-0.1, -0.05) is 11.2 Å². The molecular weight excluding hydrogens is 443 g/mol. The van der Waals surface area contributed by atoms with Crippen LogP contribution in [0.25, 0.3) is 28.1 Å². The second kappa shape index (κ2) is 8.57. The summed E-state index contributed by atoms with van der Waals surface area (Å²) in [4.78, 5) is 24.7. The first-order valence-corrected chi connectivity index (χ1v) is 11.6. The van der Waals surface area contributed by atoms with Crippen LogP contribution in [0.2, 0.25) is 0 Å². The van der Waals surface area contributed by atoms with Gasteiger partial charge in [0.2, 0.25) is 5.82 Å². The Morgan fingerprint density at radius 2 is 2.00 bits per heavy atom. The first kappa shape index (κ1) is 21.4. The quantitative estimate of drug-likeness (QED) is 0.474. The zero-order chi connectivity index (χ0) is 23.2. The Bertz CT molecular complexity index is 1400. The summed E-state index contributed by atoms with van der Waals surface area (Å²) in [5.74, 6) is 0.103. The lowest BCUT2D eigenvalue weighted by atomic mass is 10.1. The molecule has 1 aromatic carbocycles. The first-order chi connectivity index (χ1) is 16.6. The zero-order valence-electron chi connectivity index (χ0n) is 18.6. The van der Waals surface area contributed by atoms with Gasteiger partial charge >= 0.3 is 0 Å². The van der Waals surface area contributed by atoms with Crippen LogP contribution >= 0.6 is 0 Å². The van der Waals surface area contributed by atoms with E-state index in [4.69, 9.17) is 9.26 Å². The highest BCUT2D eigenvalue weighted by Gasteiger charge is 2.27. The smallest absolute Gasteiger partial charge is 0.277 e. The fourth-order valence-corrected chi connectivity index (χ4v) is 4.93. The molecule has 2 aliphatic rings. The van der Waals surface area contributed by atoms with Crippen LogP contribution in [-0.4, -0.2) is 66.4 Å². The van der Waals surface area contributed by atoms with Crippen molar-refractivity contribution in [1.82, 2.24) is 29.0 Å². The molecule has 2 fully saturated rings. The molecule has 0 bridgehead atoms. The van der Waals surface area contributed by atoms with Gasteiger partial charge in [0.1, 0.15) is 35.0 Å². The Hall–Kier alpha value is -3.15. The standard InChI is InChI=1S/C23H25FN6O4/c24-15-3-1-4-16-19(15)29(11-10-28-8-6-14(31)7-9-28)23(32)20-18(25-13-30(16)20)21-26-22(34-27-21)17-5-2-12-33-17/h1,3-4,13-14,17,31H,2,5-12H2. The molecule has 4 aromatic rings. The molecule has 1 N–H and O–H groups in total. The van der Waals surface area contributed by atoms with Crippen molar-refractivity contribution in [1.29, 1.82) is 0 Å². The number of halogens is 1. The molecule has 0 amide bonds. The SMILES string of the molecule is O=c1c2c(-c3noc(C4CCCO4)n3)ncn2c2cccc(F)c2n1CCN1CCC(O)CC1. The van der Waals surface area contributed by atoms with Crippen LogP contribution in [0.15, 0.2) is 33.8 Å². The lowest BCUT2D eigenvalue weighted by molar-refractivity contribution is 0.0810. The molecule has 1 unspecified atom stereocenters. The Labute approximate surface area is 193 Å². The van der Waals surface area contributed by atoms with Crippen LogP contribution < -0.4 is 5.56 Å². The van der Waals surface area contributed by atoms with Crippen LogP contribution in [0, 0.1) is 5.82 Å². The minimum absolute atomic E-state index is 0.206. The number of aliphatic hydroxyl groups excluding tert-OH is 1.